The minimum absolute atomic E-state index is 0.148. The summed E-state index contributed by atoms with van der Waals surface area (Å²) in [5.74, 6) is 0.323. The van der Waals surface area contributed by atoms with Crippen molar-refractivity contribution in [2.24, 2.45) is 5.41 Å². The Bertz CT molecular complexity index is 1120. The molecule has 0 amide bonds. The SMILES string of the molecule is CCC.CCC.CCCCC1(CCCC)CS(O)(O)c2cc(OCCOCCOCCNCCC)c(N(C)C)cc2[C@H](c2ccccc2)[C@@H]1O. The summed E-state index contributed by atoms with van der Waals surface area (Å²) >= 11 is 0. The third-order valence-corrected chi connectivity index (χ3v) is 10.7. The molecule has 8 nitrogen and oxygen atoms in total. The number of nitrogens with zero attached hydrogens (tertiary/aromatic N) is 1. The molecular formula is C41H74N2O6S. The zero-order valence-corrected chi connectivity index (χ0v) is 34.0. The zero-order chi connectivity index (χ0) is 37.4. The fourth-order valence-corrected chi connectivity index (χ4v) is 8.54. The third kappa shape index (κ3) is 15.0. The van der Waals surface area contributed by atoms with Crippen molar-refractivity contribution in [3.63, 3.8) is 0 Å². The first-order valence-electron chi connectivity index (χ1n) is 19.4. The zero-order valence-electron chi connectivity index (χ0n) is 33.1. The number of nitrogens with one attached hydrogen (secondary N) is 1. The van der Waals surface area contributed by atoms with E-state index >= 15 is 0 Å². The number of unbranched alkanes of at least 4 members (excludes halogenated alkanes) is 2. The highest BCUT2D eigenvalue weighted by Gasteiger charge is 2.49. The molecule has 0 aliphatic carbocycles. The molecule has 0 fully saturated rings. The molecule has 50 heavy (non-hydrogen) atoms. The highest BCUT2D eigenvalue weighted by Crippen LogP contribution is 2.63. The van der Waals surface area contributed by atoms with Crippen LogP contribution in [0.2, 0.25) is 0 Å². The second-order valence-electron chi connectivity index (χ2n) is 13.7. The Morgan fingerprint density at radius 3 is 1.88 bits per heavy atom. The van der Waals surface area contributed by atoms with Gasteiger partial charge in [0.05, 0.1) is 48.9 Å². The summed E-state index contributed by atoms with van der Waals surface area (Å²) in [4.78, 5) is 2.45. The Labute approximate surface area is 308 Å². The molecule has 1 heterocycles. The van der Waals surface area contributed by atoms with Gasteiger partial charge in [-0.25, -0.2) is 0 Å². The number of hydrogen-bond donors (Lipinski definition) is 4. The maximum atomic E-state index is 12.4. The number of rotatable bonds is 20. The fourth-order valence-electron chi connectivity index (χ4n) is 6.27. The number of ether oxygens (including phenoxy) is 3. The minimum atomic E-state index is -3.25. The van der Waals surface area contributed by atoms with Crippen LogP contribution in [-0.4, -0.2) is 86.3 Å². The first-order chi connectivity index (χ1) is 24.0. The Balaban J connectivity index is 0.00000194. The van der Waals surface area contributed by atoms with Crippen LogP contribution in [0.1, 0.15) is 123 Å². The lowest BCUT2D eigenvalue weighted by atomic mass is 9.68. The van der Waals surface area contributed by atoms with Crippen molar-refractivity contribution in [3.8, 4) is 5.75 Å². The van der Waals surface area contributed by atoms with Crippen molar-refractivity contribution in [1.82, 2.24) is 5.32 Å². The normalized spacial score (nSPS) is 18.0. The van der Waals surface area contributed by atoms with Gasteiger partial charge in [-0.2, -0.15) is 10.6 Å². The lowest BCUT2D eigenvalue weighted by molar-refractivity contribution is 0.0119. The molecule has 290 valence electrons. The van der Waals surface area contributed by atoms with Gasteiger partial charge in [-0.3, -0.25) is 9.11 Å². The van der Waals surface area contributed by atoms with Gasteiger partial charge in [0.15, 0.2) is 0 Å². The number of aliphatic hydroxyl groups is 1. The summed E-state index contributed by atoms with van der Waals surface area (Å²) in [6.07, 6.45) is 8.14. The molecule has 0 spiro atoms. The van der Waals surface area contributed by atoms with Gasteiger partial charge < -0.3 is 29.5 Å². The van der Waals surface area contributed by atoms with E-state index in [1.54, 1.807) is 0 Å². The van der Waals surface area contributed by atoms with E-state index in [4.69, 9.17) is 14.2 Å². The fraction of sp³-hybridized carbons (Fsp3) is 0.707. The molecule has 2 aromatic rings. The van der Waals surface area contributed by atoms with E-state index in [2.05, 4.69) is 53.8 Å². The Morgan fingerprint density at radius 1 is 0.780 bits per heavy atom. The molecule has 1 aliphatic rings. The quantitative estimate of drug-likeness (QED) is 0.100. The topological polar surface area (TPSA) is 104 Å². The van der Waals surface area contributed by atoms with Crippen molar-refractivity contribution in [1.29, 1.82) is 0 Å². The molecule has 2 aromatic carbocycles. The standard InChI is InChI=1S/C35H58N2O6S.2C3H8/c1-6-9-16-35(17-10-7-2)27-44(39,40)32-26-31(43-24-23-42-22-21-41-20-19-36-18-8-3)30(37(4)5)25-29(32)33(34(35)38)28-14-12-11-13-15-28;2*1-3-2/h11-15,25-26,33-34,36,38-40H,6-10,16-24,27H2,1-5H3;2*3H2,1-2H3/t33-,34-;;/m0../s1. The molecule has 2 atom stereocenters. The van der Waals surface area contributed by atoms with E-state index in [1.807, 2.05) is 61.5 Å². The maximum Gasteiger partial charge on any atom is 0.144 e. The van der Waals surface area contributed by atoms with Gasteiger partial charge >= 0.3 is 0 Å². The second kappa shape index (κ2) is 26.0. The predicted molar refractivity (Wildman–Crippen MR) is 215 cm³/mol. The number of aliphatic hydroxyl groups excluding tert-OH is 1. The summed E-state index contributed by atoms with van der Waals surface area (Å²) in [5.41, 5.74) is 1.94. The molecule has 0 bridgehead atoms. The lowest BCUT2D eigenvalue weighted by Crippen LogP contribution is -2.42. The third-order valence-electron chi connectivity index (χ3n) is 8.61. The van der Waals surface area contributed by atoms with E-state index < -0.39 is 28.0 Å². The molecule has 3 rings (SSSR count). The number of benzene rings is 2. The Hall–Kier alpha value is -1.85. The van der Waals surface area contributed by atoms with Crippen LogP contribution >= 0.6 is 10.6 Å². The summed E-state index contributed by atoms with van der Waals surface area (Å²) < 4.78 is 41.5. The van der Waals surface area contributed by atoms with E-state index in [0.29, 0.717) is 43.7 Å². The highest BCUT2D eigenvalue weighted by molar-refractivity contribution is 8.24. The second-order valence-corrected chi connectivity index (χ2v) is 15.8. The van der Waals surface area contributed by atoms with E-state index in [9.17, 15) is 14.2 Å². The van der Waals surface area contributed by atoms with E-state index in [-0.39, 0.29) is 5.75 Å². The van der Waals surface area contributed by atoms with E-state index in [1.165, 1.54) is 12.8 Å². The van der Waals surface area contributed by atoms with Gasteiger partial charge in [-0.05, 0) is 43.0 Å². The van der Waals surface area contributed by atoms with Crippen molar-refractivity contribution in [2.75, 3.05) is 70.9 Å². The Morgan fingerprint density at radius 2 is 1.34 bits per heavy atom. The van der Waals surface area contributed by atoms with Gasteiger partial charge in [-0.1, -0.05) is 117 Å². The van der Waals surface area contributed by atoms with Crippen LogP contribution in [0.5, 0.6) is 5.75 Å². The van der Waals surface area contributed by atoms with Gasteiger partial charge in [0.2, 0.25) is 0 Å². The van der Waals surface area contributed by atoms with Crippen LogP contribution in [0.15, 0.2) is 47.4 Å². The molecule has 1 aliphatic heterocycles. The lowest BCUT2D eigenvalue weighted by Gasteiger charge is -2.44. The van der Waals surface area contributed by atoms with Crippen LogP contribution in [0.3, 0.4) is 0 Å². The van der Waals surface area contributed by atoms with Crippen molar-refractivity contribution in [3.05, 3.63) is 53.6 Å². The summed E-state index contributed by atoms with van der Waals surface area (Å²) in [6, 6.07) is 13.8. The molecule has 0 saturated carbocycles. The summed E-state index contributed by atoms with van der Waals surface area (Å²) in [5, 5.41) is 15.7. The number of hydrogen-bond acceptors (Lipinski definition) is 8. The van der Waals surface area contributed by atoms with Gasteiger partial charge in [0.1, 0.15) is 12.4 Å². The number of anilines is 1. The highest BCUT2D eigenvalue weighted by atomic mass is 32.3. The smallest absolute Gasteiger partial charge is 0.144 e. The first-order valence-corrected chi connectivity index (χ1v) is 21.1. The van der Waals surface area contributed by atoms with Gasteiger partial charge in [0, 0.05) is 38.0 Å². The van der Waals surface area contributed by atoms with Crippen molar-refractivity contribution >= 4 is 16.3 Å². The monoisotopic (exact) mass is 723 g/mol. The van der Waals surface area contributed by atoms with Crippen LogP contribution in [0.4, 0.5) is 5.69 Å². The van der Waals surface area contributed by atoms with Gasteiger partial charge in [0.25, 0.3) is 0 Å². The number of fused-ring (bicyclic) bond motifs is 1. The molecule has 0 aromatic heterocycles. The van der Waals surface area contributed by atoms with E-state index in [0.717, 1.165) is 74.8 Å². The van der Waals surface area contributed by atoms with Crippen molar-refractivity contribution < 1.29 is 28.4 Å². The maximum absolute atomic E-state index is 12.4. The molecule has 0 radical (unpaired) electrons. The molecule has 0 saturated heterocycles. The molecule has 0 unspecified atom stereocenters. The largest absolute Gasteiger partial charge is 0.489 e. The van der Waals surface area contributed by atoms with Crippen LogP contribution < -0.4 is 15.0 Å². The van der Waals surface area contributed by atoms with Gasteiger partial charge in [-0.15, -0.1) is 0 Å². The van der Waals surface area contributed by atoms with Crippen LogP contribution in [-0.2, 0) is 9.47 Å². The Kier molecular flexibility index (Phi) is 24.0. The summed E-state index contributed by atoms with van der Waals surface area (Å²) in [7, 11) is 0.652. The molecule has 4 N–H and O–H groups in total. The van der Waals surface area contributed by atoms with Crippen LogP contribution in [0, 0.1) is 5.41 Å². The summed E-state index contributed by atoms with van der Waals surface area (Å²) in [6.45, 7) is 19.1. The average molecular weight is 723 g/mol. The predicted octanol–water partition coefficient (Wildman–Crippen LogP) is 9.98. The van der Waals surface area contributed by atoms with Crippen LogP contribution in [0.25, 0.3) is 0 Å². The molecular weight excluding hydrogens is 649 g/mol. The minimum Gasteiger partial charge on any atom is -0.489 e. The first kappa shape index (κ1) is 46.2. The average Bonchev–Trinajstić information content (AvgIpc) is 3.16. The van der Waals surface area contributed by atoms with Crippen molar-refractivity contribution in [2.45, 2.75) is 123 Å². The molecule has 9 heteroatoms.